The van der Waals surface area contributed by atoms with Gasteiger partial charge in [-0.3, -0.25) is 0 Å². The van der Waals surface area contributed by atoms with E-state index in [4.69, 9.17) is 4.42 Å². The number of benzene rings is 1. The molecule has 0 bridgehead atoms. The third-order valence-corrected chi connectivity index (χ3v) is 3.00. The average molecular weight is 274 g/mol. The van der Waals surface area contributed by atoms with Crippen LogP contribution in [0.25, 0.3) is 11.0 Å². The maximum absolute atomic E-state index is 11.8. The molecule has 1 atom stereocenters. The summed E-state index contributed by atoms with van der Waals surface area (Å²) in [7, 11) is 0. The number of para-hydroxylation sites is 1. The largest absolute Gasteiger partial charge is 0.459 e. The van der Waals surface area contributed by atoms with Crippen LogP contribution >= 0.6 is 0 Å². The summed E-state index contributed by atoms with van der Waals surface area (Å²) in [5.74, 6) is 0.761. The van der Waals surface area contributed by atoms with Crippen LogP contribution in [-0.4, -0.2) is 12.6 Å². The standard InChI is InChI=1S/C16H22N2O2/c1-11(18-15(19)17-10-16(2,3)4)14-9-12-7-5-6-8-13(12)20-14/h5-9,11H,10H2,1-4H3,(H2,17,18,19). The molecule has 0 saturated carbocycles. The average Bonchev–Trinajstić information content (AvgIpc) is 2.79. The van der Waals surface area contributed by atoms with E-state index in [2.05, 4.69) is 31.4 Å². The Morgan fingerprint density at radius 2 is 2.00 bits per heavy atom. The van der Waals surface area contributed by atoms with Crippen LogP contribution in [0.4, 0.5) is 4.79 Å². The molecule has 0 spiro atoms. The Bertz CT molecular complexity index is 563. The topological polar surface area (TPSA) is 54.3 Å². The van der Waals surface area contributed by atoms with Crippen molar-refractivity contribution < 1.29 is 9.21 Å². The van der Waals surface area contributed by atoms with Crippen LogP contribution in [0.3, 0.4) is 0 Å². The highest BCUT2D eigenvalue weighted by Gasteiger charge is 2.16. The van der Waals surface area contributed by atoms with Crippen LogP contribution in [0, 0.1) is 5.41 Å². The fourth-order valence-corrected chi connectivity index (χ4v) is 1.88. The predicted octanol–water partition coefficient (Wildman–Crippen LogP) is 3.84. The molecule has 4 heteroatoms. The third-order valence-electron chi connectivity index (χ3n) is 3.00. The number of hydrogen-bond acceptors (Lipinski definition) is 2. The minimum absolute atomic E-state index is 0.0694. The first-order valence-corrected chi connectivity index (χ1v) is 6.88. The van der Waals surface area contributed by atoms with E-state index in [0.29, 0.717) is 6.54 Å². The lowest BCUT2D eigenvalue weighted by Crippen LogP contribution is -2.40. The molecule has 4 nitrogen and oxygen atoms in total. The van der Waals surface area contributed by atoms with Gasteiger partial charge in [-0.2, -0.15) is 0 Å². The Morgan fingerprint density at radius 1 is 1.30 bits per heavy atom. The molecule has 1 heterocycles. The zero-order valence-corrected chi connectivity index (χ0v) is 12.5. The number of furan rings is 1. The third kappa shape index (κ3) is 3.76. The van der Waals surface area contributed by atoms with Crippen molar-refractivity contribution in [3.8, 4) is 0 Å². The molecule has 0 aliphatic carbocycles. The summed E-state index contributed by atoms with van der Waals surface area (Å²) in [6.07, 6.45) is 0. The van der Waals surface area contributed by atoms with Crippen LogP contribution in [0.5, 0.6) is 0 Å². The molecule has 2 amide bonds. The van der Waals surface area contributed by atoms with Gasteiger partial charge in [0.2, 0.25) is 0 Å². The number of fused-ring (bicyclic) bond motifs is 1. The van der Waals surface area contributed by atoms with E-state index in [-0.39, 0.29) is 17.5 Å². The molecule has 0 fully saturated rings. The maximum Gasteiger partial charge on any atom is 0.315 e. The first kappa shape index (κ1) is 14.4. The smallest absolute Gasteiger partial charge is 0.315 e. The van der Waals surface area contributed by atoms with Crippen molar-refractivity contribution >= 4 is 17.0 Å². The highest BCUT2D eigenvalue weighted by Crippen LogP contribution is 2.23. The van der Waals surface area contributed by atoms with Crippen LogP contribution in [0.15, 0.2) is 34.7 Å². The Balaban J connectivity index is 1.97. The van der Waals surface area contributed by atoms with Crippen LogP contribution in [0.1, 0.15) is 39.5 Å². The summed E-state index contributed by atoms with van der Waals surface area (Å²) in [4.78, 5) is 11.8. The Morgan fingerprint density at radius 3 is 2.65 bits per heavy atom. The molecule has 1 aromatic carbocycles. The Labute approximate surface area is 119 Å². The van der Waals surface area contributed by atoms with Gasteiger partial charge in [-0.15, -0.1) is 0 Å². The van der Waals surface area contributed by atoms with E-state index in [1.54, 1.807) is 0 Å². The Kier molecular flexibility index (Phi) is 4.02. The molecule has 2 aromatic rings. The van der Waals surface area contributed by atoms with Crippen LogP contribution in [-0.2, 0) is 0 Å². The van der Waals surface area contributed by atoms with Gasteiger partial charge in [-0.05, 0) is 24.5 Å². The molecule has 1 aromatic heterocycles. The predicted molar refractivity (Wildman–Crippen MR) is 80.6 cm³/mol. The lowest BCUT2D eigenvalue weighted by atomic mass is 9.97. The van der Waals surface area contributed by atoms with Gasteiger partial charge >= 0.3 is 6.03 Å². The second-order valence-corrected chi connectivity index (χ2v) is 6.30. The summed E-state index contributed by atoms with van der Waals surface area (Å²) < 4.78 is 5.73. The summed E-state index contributed by atoms with van der Waals surface area (Å²) in [6.45, 7) is 8.78. The summed E-state index contributed by atoms with van der Waals surface area (Å²) in [6, 6.07) is 9.44. The summed E-state index contributed by atoms with van der Waals surface area (Å²) in [5.41, 5.74) is 0.909. The van der Waals surface area contributed by atoms with Gasteiger partial charge in [0.05, 0.1) is 6.04 Å². The summed E-state index contributed by atoms with van der Waals surface area (Å²) in [5, 5.41) is 6.80. The minimum Gasteiger partial charge on any atom is -0.459 e. The van der Waals surface area contributed by atoms with Gasteiger partial charge in [-0.25, -0.2) is 4.79 Å². The fraction of sp³-hybridized carbons (Fsp3) is 0.438. The normalized spacial score (nSPS) is 13.2. The van der Waals surface area contributed by atoms with Crippen molar-refractivity contribution in [2.45, 2.75) is 33.7 Å². The van der Waals surface area contributed by atoms with Gasteiger partial charge in [0.25, 0.3) is 0 Å². The van der Waals surface area contributed by atoms with E-state index < -0.39 is 0 Å². The van der Waals surface area contributed by atoms with Crippen LogP contribution in [0.2, 0.25) is 0 Å². The van der Waals surface area contributed by atoms with Gasteiger partial charge in [0.1, 0.15) is 11.3 Å². The molecular weight excluding hydrogens is 252 g/mol. The quantitative estimate of drug-likeness (QED) is 0.893. The van der Waals surface area contributed by atoms with E-state index in [0.717, 1.165) is 16.7 Å². The SMILES string of the molecule is CC(NC(=O)NCC(C)(C)C)c1cc2ccccc2o1. The van der Waals surface area contributed by atoms with E-state index in [9.17, 15) is 4.79 Å². The number of carbonyl (C=O) groups excluding carboxylic acids is 1. The zero-order valence-electron chi connectivity index (χ0n) is 12.5. The van der Waals surface area contributed by atoms with Crippen molar-refractivity contribution in [1.29, 1.82) is 0 Å². The minimum atomic E-state index is -0.173. The lowest BCUT2D eigenvalue weighted by Gasteiger charge is -2.20. The van der Waals surface area contributed by atoms with Crippen molar-refractivity contribution in [3.63, 3.8) is 0 Å². The van der Waals surface area contributed by atoms with E-state index in [1.165, 1.54) is 0 Å². The molecule has 0 aliphatic heterocycles. The number of amides is 2. The van der Waals surface area contributed by atoms with Crippen molar-refractivity contribution in [3.05, 3.63) is 36.1 Å². The molecule has 0 radical (unpaired) electrons. The monoisotopic (exact) mass is 274 g/mol. The van der Waals surface area contributed by atoms with Gasteiger partial charge in [-0.1, -0.05) is 39.0 Å². The highest BCUT2D eigenvalue weighted by molar-refractivity contribution is 5.78. The zero-order chi connectivity index (χ0) is 14.8. The van der Waals surface area contributed by atoms with Crippen molar-refractivity contribution in [1.82, 2.24) is 10.6 Å². The second-order valence-electron chi connectivity index (χ2n) is 6.30. The molecule has 0 aliphatic rings. The number of rotatable bonds is 3. The summed E-state index contributed by atoms with van der Waals surface area (Å²) >= 11 is 0. The lowest BCUT2D eigenvalue weighted by molar-refractivity contribution is 0.231. The highest BCUT2D eigenvalue weighted by atomic mass is 16.3. The molecule has 2 rings (SSSR count). The van der Waals surface area contributed by atoms with Gasteiger partial charge in [0, 0.05) is 11.9 Å². The van der Waals surface area contributed by atoms with Gasteiger partial charge in [0.15, 0.2) is 0 Å². The second kappa shape index (κ2) is 5.57. The first-order valence-electron chi connectivity index (χ1n) is 6.88. The first-order chi connectivity index (χ1) is 9.35. The number of carbonyl (C=O) groups is 1. The molecule has 20 heavy (non-hydrogen) atoms. The number of urea groups is 1. The van der Waals surface area contributed by atoms with E-state index in [1.807, 2.05) is 37.3 Å². The number of nitrogens with one attached hydrogen (secondary N) is 2. The van der Waals surface area contributed by atoms with Crippen molar-refractivity contribution in [2.75, 3.05) is 6.54 Å². The molecule has 0 saturated heterocycles. The van der Waals surface area contributed by atoms with E-state index >= 15 is 0 Å². The molecular formula is C16H22N2O2. The fourth-order valence-electron chi connectivity index (χ4n) is 1.88. The molecule has 2 N–H and O–H groups in total. The van der Waals surface area contributed by atoms with Crippen molar-refractivity contribution in [2.24, 2.45) is 5.41 Å². The maximum atomic E-state index is 11.8. The van der Waals surface area contributed by atoms with Crippen LogP contribution < -0.4 is 10.6 Å². The van der Waals surface area contributed by atoms with Gasteiger partial charge < -0.3 is 15.1 Å². The Hall–Kier alpha value is -1.97. The molecule has 108 valence electrons. The number of hydrogen-bond donors (Lipinski definition) is 2. The molecule has 1 unspecified atom stereocenters.